The van der Waals surface area contributed by atoms with E-state index in [1.54, 1.807) is 7.05 Å². The third-order valence-electron chi connectivity index (χ3n) is 1.23. The molecule has 0 aromatic carbocycles. The van der Waals surface area contributed by atoms with E-state index in [1.165, 1.54) is 6.20 Å². The number of nitrogens with one attached hydrogen (secondary N) is 1. The molecule has 6 heteroatoms. The summed E-state index contributed by atoms with van der Waals surface area (Å²) in [5, 5.41) is 2.73. The first-order chi connectivity index (χ1) is 6.65. The van der Waals surface area contributed by atoms with Gasteiger partial charge in [-0.15, -0.1) is 0 Å². The van der Waals surface area contributed by atoms with Gasteiger partial charge in [0.1, 0.15) is 5.15 Å². The highest BCUT2D eigenvalue weighted by molar-refractivity contribution is 6.32. The Kier molecular flexibility index (Phi) is 5.55. The molecule has 1 heterocycles. The van der Waals surface area contributed by atoms with Crippen molar-refractivity contribution in [1.82, 2.24) is 9.97 Å². The van der Waals surface area contributed by atoms with E-state index in [0.29, 0.717) is 5.95 Å². The Labute approximate surface area is 87.7 Å². The van der Waals surface area contributed by atoms with Gasteiger partial charge in [0.05, 0.1) is 5.56 Å². The van der Waals surface area contributed by atoms with Crippen molar-refractivity contribution in [3.8, 4) is 0 Å². The molecule has 14 heavy (non-hydrogen) atoms. The average molecular weight is 217 g/mol. The Balaban J connectivity index is 0.000000791. The largest absolute Gasteiger partial charge is 0.365 e. The number of aromatic nitrogens is 2. The minimum absolute atomic E-state index is 0.0573. The van der Waals surface area contributed by atoms with Crippen molar-refractivity contribution in [3.05, 3.63) is 16.9 Å². The minimum Gasteiger partial charge on any atom is -0.365 e. The second-order valence-electron chi connectivity index (χ2n) is 2.01. The molecule has 1 aromatic heterocycles. The van der Waals surface area contributed by atoms with E-state index in [0.717, 1.165) is 0 Å². The molecule has 78 valence electrons. The summed E-state index contributed by atoms with van der Waals surface area (Å²) in [6, 6.07) is 0. The average Bonchev–Trinajstić information content (AvgIpc) is 2.20. The molecule has 3 N–H and O–H groups in total. The molecule has 0 aliphatic rings. The molecule has 0 fully saturated rings. The fraction of sp³-hybridized carbons (Fsp3) is 0.375. The maximum atomic E-state index is 10.7. The van der Waals surface area contributed by atoms with Gasteiger partial charge in [-0.2, -0.15) is 0 Å². The molecule has 1 aromatic rings. The zero-order valence-corrected chi connectivity index (χ0v) is 9.09. The van der Waals surface area contributed by atoms with E-state index >= 15 is 0 Å². The number of hydrogen-bond acceptors (Lipinski definition) is 4. The predicted molar refractivity (Wildman–Crippen MR) is 56.5 cm³/mol. The van der Waals surface area contributed by atoms with E-state index in [9.17, 15) is 4.79 Å². The standard InChI is InChI=1S/C6H7ClN4O.C2H6/c1-9-6-10-2-3(5(8)12)4(7)11-6;1-2/h2H,1H3,(H2,8,12)(H,9,10,11);1-2H3. The third-order valence-corrected chi connectivity index (χ3v) is 1.52. The zero-order chi connectivity index (χ0) is 11.1. The summed E-state index contributed by atoms with van der Waals surface area (Å²) in [5.74, 6) is -0.285. The van der Waals surface area contributed by atoms with E-state index < -0.39 is 5.91 Å². The minimum atomic E-state index is -0.636. The highest BCUT2D eigenvalue weighted by Gasteiger charge is 2.08. The Bertz CT molecular complexity index is 316. The van der Waals surface area contributed by atoms with Crippen molar-refractivity contribution in [2.45, 2.75) is 13.8 Å². The topological polar surface area (TPSA) is 80.9 Å². The monoisotopic (exact) mass is 216 g/mol. The number of amides is 1. The number of carbonyl (C=O) groups is 1. The lowest BCUT2D eigenvalue weighted by Gasteiger charge is -2.00. The van der Waals surface area contributed by atoms with Crippen LogP contribution >= 0.6 is 11.6 Å². The normalized spacial score (nSPS) is 8.57. The molecular formula is C8H13ClN4O. The molecule has 1 amide bonds. The molecule has 0 bridgehead atoms. The van der Waals surface area contributed by atoms with Gasteiger partial charge in [0.15, 0.2) is 0 Å². The van der Waals surface area contributed by atoms with Gasteiger partial charge in [-0.05, 0) is 0 Å². The smallest absolute Gasteiger partial charge is 0.253 e. The number of carbonyl (C=O) groups excluding carboxylic acids is 1. The van der Waals surface area contributed by atoms with E-state index in [2.05, 4.69) is 15.3 Å². The van der Waals surface area contributed by atoms with Crippen LogP contribution in [0.1, 0.15) is 24.2 Å². The summed E-state index contributed by atoms with van der Waals surface area (Å²) < 4.78 is 0. The number of primary amides is 1. The second-order valence-corrected chi connectivity index (χ2v) is 2.37. The van der Waals surface area contributed by atoms with Crippen LogP contribution in [0.5, 0.6) is 0 Å². The Morgan fingerprint density at radius 2 is 2.14 bits per heavy atom. The third kappa shape index (κ3) is 3.18. The molecule has 0 aliphatic carbocycles. The van der Waals surface area contributed by atoms with E-state index in [4.69, 9.17) is 17.3 Å². The number of rotatable bonds is 2. The quantitative estimate of drug-likeness (QED) is 0.731. The van der Waals surface area contributed by atoms with Crippen molar-refractivity contribution >= 4 is 23.5 Å². The van der Waals surface area contributed by atoms with Crippen molar-refractivity contribution < 1.29 is 4.79 Å². The first-order valence-corrected chi connectivity index (χ1v) is 4.53. The Hall–Kier alpha value is -1.36. The molecule has 0 saturated heterocycles. The number of anilines is 1. The van der Waals surface area contributed by atoms with Crippen LogP contribution in [0, 0.1) is 0 Å². The molecule has 1 rings (SSSR count). The molecule has 5 nitrogen and oxygen atoms in total. The van der Waals surface area contributed by atoms with E-state index in [-0.39, 0.29) is 10.7 Å². The lowest BCUT2D eigenvalue weighted by molar-refractivity contribution is 0.1000. The van der Waals surface area contributed by atoms with Crippen LogP contribution < -0.4 is 11.1 Å². The van der Waals surface area contributed by atoms with Crippen LogP contribution in [0.15, 0.2) is 6.20 Å². The van der Waals surface area contributed by atoms with Gasteiger partial charge in [0.25, 0.3) is 5.91 Å². The summed E-state index contributed by atoms with van der Waals surface area (Å²) in [4.78, 5) is 18.2. The van der Waals surface area contributed by atoms with Gasteiger partial charge < -0.3 is 11.1 Å². The summed E-state index contributed by atoms with van der Waals surface area (Å²) in [7, 11) is 1.65. The summed E-state index contributed by atoms with van der Waals surface area (Å²) in [6.07, 6.45) is 1.28. The van der Waals surface area contributed by atoms with Crippen LogP contribution in [0.2, 0.25) is 5.15 Å². The zero-order valence-electron chi connectivity index (χ0n) is 8.34. The van der Waals surface area contributed by atoms with Gasteiger partial charge in [0, 0.05) is 13.2 Å². The maximum absolute atomic E-state index is 10.7. The molecule has 0 spiro atoms. The highest BCUT2D eigenvalue weighted by atomic mass is 35.5. The van der Waals surface area contributed by atoms with Crippen molar-refractivity contribution in [2.75, 3.05) is 12.4 Å². The van der Waals surface area contributed by atoms with Crippen LogP contribution in [0.3, 0.4) is 0 Å². The fourth-order valence-electron chi connectivity index (χ4n) is 0.647. The predicted octanol–water partition coefficient (Wildman–Crippen LogP) is 1.30. The Morgan fingerprint density at radius 3 is 2.50 bits per heavy atom. The van der Waals surface area contributed by atoms with Gasteiger partial charge in [-0.1, -0.05) is 25.4 Å². The summed E-state index contributed by atoms with van der Waals surface area (Å²) in [6.45, 7) is 4.00. The SMILES string of the molecule is CC.CNc1ncc(C(N)=O)c(Cl)n1. The number of nitrogens with two attached hydrogens (primary N) is 1. The van der Waals surface area contributed by atoms with Crippen molar-refractivity contribution in [2.24, 2.45) is 5.73 Å². The van der Waals surface area contributed by atoms with Crippen LogP contribution in [0.4, 0.5) is 5.95 Å². The first kappa shape index (κ1) is 12.6. The molecule has 0 unspecified atom stereocenters. The first-order valence-electron chi connectivity index (χ1n) is 4.15. The second kappa shape index (κ2) is 6.15. The molecule has 0 saturated carbocycles. The van der Waals surface area contributed by atoms with E-state index in [1.807, 2.05) is 13.8 Å². The number of hydrogen-bond donors (Lipinski definition) is 2. The maximum Gasteiger partial charge on any atom is 0.253 e. The van der Waals surface area contributed by atoms with Crippen LogP contribution in [-0.4, -0.2) is 22.9 Å². The molecular weight excluding hydrogens is 204 g/mol. The van der Waals surface area contributed by atoms with Crippen LogP contribution in [-0.2, 0) is 0 Å². The lowest BCUT2D eigenvalue weighted by Crippen LogP contribution is -2.13. The summed E-state index contributed by atoms with van der Waals surface area (Å²) >= 11 is 5.61. The van der Waals surface area contributed by atoms with Gasteiger partial charge >= 0.3 is 0 Å². The fourth-order valence-corrected chi connectivity index (χ4v) is 0.869. The van der Waals surface area contributed by atoms with Crippen LogP contribution in [0.25, 0.3) is 0 Å². The van der Waals surface area contributed by atoms with Gasteiger partial charge in [0.2, 0.25) is 5.95 Å². The highest BCUT2D eigenvalue weighted by Crippen LogP contribution is 2.12. The number of nitrogens with zero attached hydrogens (tertiary/aromatic N) is 2. The molecule has 0 atom stereocenters. The summed E-state index contributed by atoms with van der Waals surface area (Å²) in [5.41, 5.74) is 5.10. The van der Waals surface area contributed by atoms with Crippen molar-refractivity contribution in [1.29, 1.82) is 0 Å². The number of halogens is 1. The van der Waals surface area contributed by atoms with Gasteiger partial charge in [-0.3, -0.25) is 4.79 Å². The Morgan fingerprint density at radius 1 is 1.57 bits per heavy atom. The van der Waals surface area contributed by atoms with Gasteiger partial charge in [-0.25, -0.2) is 9.97 Å². The molecule has 0 radical (unpaired) electrons. The molecule has 0 aliphatic heterocycles. The lowest BCUT2D eigenvalue weighted by atomic mass is 10.3. The van der Waals surface area contributed by atoms with Crippen molar-refractivity contribution in [3.63, 3.8) is 0 Å².